The zero-order valence-corrected chi connectivity index (χ0v) is 16.7. The molecule has 0 aromatic heterocycles. The predicted octanol–water partition coefficient (Wildman–Crippen LogP) is 6.85. The summed E-state index contributed by atoms with van der Waals surface area (Å²) < 4.78 is 13.4. The van der Waals surface area contributed by atoms with E-state index in [1.807, 2.05) is 0 Å². The molecular formula is C22H35FSi. The molecular weight excluding hydrogens is 311 g/mol. The van der Waals surface area contributed by atoms with Gasteiger partial charge in [-0.15, -0.1) is 0 Å². The van der Waals surface area contributed by atoms with Crippen LogP contribution in [0.5, 0.6) is 0 Å². The van der Waals surface area contributed by atoms with Gasteiger partial charge in [0.05, 0.1) is 0 Å². The van der Waals surface area contributed by atoms with Gasteiger partial charge in [-0.3, -0.25) is 0 Å². The van der Waals surface area contributed by atoms with E-state index < -0.39 is 8.80 Å². The van der Waals surface area contributed by atoms with Gasteiger partial charge < -0.3 is 0 Å². The van der Waals surface area contributed by atoms with Gasteiger partial charge >= 0.3 is 0 Å². The van der Waals surface area contributed by atoms with E-state index in [0.29, 0.717) is 5.41 Å². The second kappa shape index (κ2) is 8.65. The van der Waals surface area contributed by atoms with Gasteiger partial charge in [-0.1, -0.05) is 82.1 Å². The zero-order chi connectivity index (χ0) is 16.8. The molecule has 0 nitrogen and oxygen atoms in total. The fraction of sp³-hybridized carbons (Fsp3) is 0.727. The third-order valence-electron chi connectivity index (χ3n) is 6.96. The third-order valence-corrected chi connectivity index (χ3v) is 10.4. The molecule has 1 aromatic rings. The van der Waals surface area contributed by atoms with E-state index >= 15 is 0 Å². The summed E-state index contributed by atoms with van der Waals surface area (Å²) in [4.78, 5) is 0. The van der Waals surface area contributed by atoms with Gasteiger partial charge in [0.15, 0.2) is 0 Å². The van der Waals surface area contributed by atoms with Crippen molar-refractivity contribution in [3.8, 4) is 0 Å². The molecule has 24 heavy (non-hydrogen) atoms. The summed E-state index contributed by atoms with van der Waals surface area (Å²) in [5, 5.41) is 0. The van der Waals surface area contributed by atoms with Crippen LogP contribution in [0.25, 0.3) is 0 Å². The minimum atomic E-state index is -0.512. The van der Waals surface area contributed by atoms with Crippen LogP contribution < -0.4 is 0 Å². The van der Waals surface area contributed by atoms with Crippen LogP contribution in [0.1, 0.15) is 76.7 Å². The van der Waals surface area contributed by atoms with Crippen molar-refractivity contribution in [2.24, 2.45) is 5.92 Å². The molecule has 1 aromatic carbocycles. The maximum atomic E-state index is 13.4. The van der Waals surface area contributed by atoms with Crippen molar-refractivity contribution < 1.29 is 4.39 Å². The molecule has 0 radical (unpaired) electrons. The van der Waals surface area contributed by atoms with Gasteiger partial charge in [-0.05, 0) is 48.3 Å². The second-order valence-electron chi connectivity index (χ2n) is 8.56. The Balaban J connectivity index is 1.60. The van der Waals surface area contributed by atoms with Gasteiger partial charge in [-0.2, -0.15) is 0 Å². The molecule has 1 aliphatic heterocycles. The van der Waals surface area contributed by atoms with Crippen molar-refractivity contribution in [2.75, 3.05) is 0 Å². The number of rotatable bonds is 6. The van der Waals surface area contributed by atoms with Gasteiger partial charge in [0, 0.05) is 8.80 Å². The van der Waals surface area contributed by atoms with Crippen LogP contribution in [0.4, 0.5) is 4.39 Å². The minimum Gasteiger partial charge on any atom is -0.207 e. The minimum absolute atomic E-state index is 0.0895. The third kappa shape index (κ3) is 4.50. The van der Waals surface area contributed by atoms with Crippen molar-refractivity contribution in [1.82, 2.24) is 0 Å². The first-order valence-corrected chi connectivity index (χ1v) is 12.9. The van der Waals surface area contributed by atoms with E-state index in [-0.39, 0.29) is 5.82 Å². The Bertz CT molecular complexity index is 481. The van der Waals surface area contributed by atoms with Crippen LogP contribution in [0.15, 0.2) is 24.3 Å². The Hall–Kier alpha value is -0.633. The SMILES string of the molecule is CCCC1CC[SiH](CCC2(c3ccc(F)cc3)CCCCC2)CC1. The van der Waals surface area contributed by atoms with Gasteiger partial charge in [0.2, 0.25) is 0 Å². The molecule has 2 aliphatic rings. The van der Waals surface area contributed by atoms with Crippen LogP contribution in [0.2, 0.25) is 18.1 Å². The maximum absolute atomic E-state index is 13.4. The summed E-state index contributed by atoms with van der Waals surface area (Å²) in [6.45, 7) is 2.33. The van der Waals surface area contributed by atoms with E-state index in [4.69, 9.17) is 0 Å². The molecule has 0 atom stereocenters. The molecule has 0 spiro atoms. The maximum Gasteiger partial charge on any atom is 0.123 e. The summed E-state index contributed by atoms with van der Waals surface area (Å²) in [5.74, 6) is 0.952. The van der Waals surface area contributed by atoms with Gasteiger partial charge in [0.1, 0.15) is 5.82 Å². The number of halogens is 1. The van der Waals surface area contributed by atoms with Crippen LogP contribution in [0.3, 0.4) is 0 Å². The Kier molecular flexibility index (Phi) is 6.54. The van der Waals surface area contributed by atoms with Crippen molar-refractivity contribution in [1.29, 1.82) is 0 Å². The molecule has 0 unspecified atom stereocenters. The average Bonchev–Trinajstić information content (AvgIpc) is 2.63. The van der Waals surface area contributed by atoms with Crippen LogP contribution >= 0.6 is 0 Å². The van der Waals surface area contributed by atoms with Crippen LogP contribution in [-0.2, 0) is 5.41 Å². The number of benzene rings is 1. The standard InChI is InChI=1S/C22H35FSi/c1-2-6-19-11-16-24(17-12-19)18-15-22(13-4-3-5-14-22)20-7-9-21(23)10-8-20/h7-10,19,24H,2-6,11-18H2,1H3. The largest absolute Gasteiger partial charge is 0.207 e. The van der Waals surface area contributed by atoms with Crippen molar-refractivity contribution in [2.45, 2.75) is 94.7 Å². The Labute approximate surface area is 149 Å². The van der Waals surface area contributed by atoms with Crippen LogP contribution in [0, 0.1) is 11.7 Å². The monoisotopic (exact) mass is 346 g/mol. The van der Waals surface area contributed by atoms with E-state index in [2.05, 4.69) is 19.1 Å². The van der Waals surface area contributed by atoms with Crippen molar-refractivity contribution in [3.63, 3.8) is 0 Å². The highest BCUT2D eigenvalue weighted by Gasteiger charge is 2.34. The highest BCUT2D eigenvalue weighted by molar-refractivity contribution is 6.59. The lowest BCUT2D eigenvalue weighted by molar-refractivity contribution is 0.282. The lowest BCUT2D eigenvalue weighted by atomic mass is 9.68. The molecule has 1 heterocycles. The molecule has 0 amide bonds. The summed E-state index contributed by atoms with van der Waals surface area (Å²) >= 11 is 0. The van der Waals surface area contributed by atoms with E-state index in [9.17, 15) is 4.39 Å². The van der Waals surface area contributed by atoms with Gasteiger partial charge in [-0.25, -0.2) is 4.39 Å². The quantitative estimate of drug-likeness (QED) is 0.494. The summed E-state index contributed by atoms with van der Waals surface area (Å²) in [7, 11) is -0.512. The molecule has 134 valence electrons. The molecule has 2 heteroatoms. The van der Waals surface area contributed by atoms with Crippen molar-refractivity contribution >= 4 is 8.80 Å². The highest BCUT2D eigenvalue weighted by atomic mass is 28.3. The Morgan fingerprint density at radius 2 is 1.71 bits per heavy atom. The first kappa shape index (κ1) is 18.2. The molecule has 2 fully saturated rings. The average molecular weight is 347 g/mol. The van der Waals surface area contributed by atoms with Gasteiger partial charge in [0.25, 0.3) is 0 Å². The van der Waals surface area contributed by atoms with Crippen molar-refractivity contribution in [3.05, 3.63) is 35.6 Å². The number of hydrogen-bond donors (Lipinski definition) is 0. The fourth-order valence-corrected chi connectivity index (χ4v) is 9.12. The van der Waals surface area contributed by atoms with E-state index in [1.165, 1.54) is 75.8 Å². The molecule has 3 rings (SSSR count). The normalized spacial score (nSPS) is 27.1. The molecule has 0 bridgehead atoms. The van der Waals surface area contributed by atoms with Crippen LogP contribution in [-0.4, -0.2) is 8.80 Å². The predicted molar refractivity (Wildman–Crippen MR) is 105 cm³/mol. The van der Waals surface area contributed by atoms with E-state index in [1.54, 1.807) is 24.2 Å². The fourth-order valence-electron chi connectivity index (χ4n) is 5.41. The van der Waals surface area contributed by atoms with E-state index in [0.717, 1.165) is 5.92 Å². The zero-order valence-electron chi connectivity index (χ0n) is 15.5. The first-order chi connectivity index (χ1) is 11.7. The summed E-state index contributed by atoms with van der Waals surface area (Å²) in [6.07, 6.45) is 14.0. The molecule has 1 aliphatic carbocycles. The first-order valence-electron chi connectivity index (χ1n) is 10.5. The topological polar surface area (TPSA) is 0 Å². The Morgan fingerprint density at radius 3 is 2.33 bits per heavy atom. The lowest BCUT2D eigenvalue weighted by Crippen LogP contribution is -2.31. The molecule has 1 saturated heterocycles. The summed E-state index contributed by atoms with van der Waals surface area (Å²) in [6, 6.07) is 12.2. The smallest absolute Gasteiger partial charge is 0.123 e. The Morgan fingerprint density at radius 1 is 1.04 bits per heavy atom. The lowest BCUT2D eigenvalue weighted by Gasteiger charge is -2.39. The molecule has 1 saturated carbocycles. The molecule has 0 N–H and O–H groups in total. The number of hydrogen-bond acceptors (Lipinski definition) is 0. The summed E-state index contributed by atoms with van der Waals surface area (Å²) in [5.41, 5.74) is 1.80. The second-order valence-corrected chi connectivity index (χ2v) is 12.0. The highest BCUT2D eigenvalue weighted by Crippen LogP contribution is 2.44.